The number of amides is 2. The Morgan fingerprint density at radius 3 is 2.67 bits per heavy atom. The second kappa shape index (κ2) is 8.27. The molecule has 0 saturated carbocycles. The van der Waals surface area contributed by atoms with Gasteiger partial charge in [-0.25, -0.2) is 4.79 Å². The summed E-state index contributed by atoms with van der Waals surface area (Å²) in [6, 6.07) is 17.7. The molecule has 0 aliphatic heterocycles. The largest absolute Gasteiger partial charge is 0.338 e. The fraction of sp³-hybridized carbons (Fsp3) is 0.118. The predicted molar refractivity (Wildman–Crippen MR) is 89.9 cm³/mol. The second-order valence-electron chi connectivity index (χ2n) is 4.52. The maximum atomic E-state index is 11.6. The molecule has 0 aliphatic rings. The molecule has 4 heteroatoms. The van der Waals surface area contributed by atoms with E-state index in [9.17, 15) is 4.79 Å². The highest BCUT2D eigenvalue weighted by Crippen LogP contribution is 2.12. The van der Waals surface area contributed by atoms with Crippen LogP contribution in [0.15, 0.2) is 65.3 Å². The topological polar surface area (TPSA) is 41.1 Å². The number of carbonyl (C=O) groups is 1. The van der Waals surface area contributed by atoms with E-state index in [0.717, 1.165) is 16.5 Å². The van der Waals surface area contributed by atoms with Crippen LogP contribution < -0.4 is 10.6 Å². The molecule has 21 heavy (non-hydrogen) atoms. The van der Waals surface area contributed by atoms with E-state index in [0.29, 0.717) is 6.54 Å². The van der Waals surface area contributed by atoms with E-state index in [1.54, 1.807) is 6.20 Å². The Morgan fingerprint density at radius 2 is 1.90 bits per heavy atom. The number of carbonyl (C=O) groups excluding carboxylic acids is 1. The molecule has 2 aromatic rings. The average Bonchev–Trinajstić information content (AvgIpc) is 2.48. The Hall–Kier alpha value is -2.07. The minimum Gasteiger partial charge on any atom is -0.338 e. The van der Waals surface area contributed by atoms with Crippen LogP contribution in [-0.4, -0.2) is 12.6 Å². The first-order valence-corrected chi connectivity index (χ1v) is 7.54. The normalized spacial score (nSPS) is 10.5. The fourth-order valence-electron chi connectivity index (χ4n) is 1.84. The first-order chi connectivity index (χ1) is 10.2. The van der Waals surface area contributed by atoms with Gasteiger partial charge in [0.2, 0.25) is 0 Å². The average molecular weight is 345 g/mol. The van der Waals surface area contributed by atoms with Crippen LogP contribution in [0.4, 0.5) is 4.79 Å². The van der Waals surface area contributed by atoms with Crippen LogP contribution in [0.3, 0.4) is 0 Å². The molecule has 0 bridgehead atoms. The lowest BCUT2D eigenvalue weighted by molar-refractivity contribution is 0.244. The Labute approximate surface area is 133 Å². The SMILES string of the molecule is O=C(N/C=C/c1cccc(Br)c1)NCCc1ccccc1. The number of halogens is 1. The number of hydrogen-bond acceptors (Lipinski definition) is 1. The van der Waals surface area contributed by atoms with Crippen molar-refractivity contribution in [3.8, 4) is 0 Å². The third-order valence-electron chi connectivity index (χ3n) is 2.88. The zero-order valence-electron chi connectivity index (χ0n) is 11.6. The van der Waals surface area contributed by atoms with Crippen molar-refractivity contribution in [3.05, 3.63) is 76.4 Å². The quantitative estimate of drug-likeness (QED) is 0.846. The highest BCUT2D eigenvalue weighted by atomic mass is 79.9. The Bertz CT molecular complexity index is 611. The summed E-state index contributed by atoms with van der Waals surface area (Å²) >= 11 is 3.41. The molecule has 2 rings (SSSR count). The Kier molecular flexibility index (Phi) is 6.03. The van der Waals surface area contributed by atoms with Gasteiger partial charge in [-0.05, 0) is 35.8 Å². The van der Waals surface area contributed by atoms with Gasteiger partial charge in [-0.3, -0.25) is 0 Å². The summed E-state index contributed by atoms with van der Waals surface area (Å²) in [7, 11) is 0. The summed E-state index contributed by atoms with van der Waals surface area (Å²) in [6.07, 6.45) is 4.31. The van der Waals surface area contributed by atoms with Gasteiger partial charge in [-0.15, -0.1) is 0 Å². The van der Waals surface area contributed by atoms with Crippen LogP contribution >= 0.6 is 15.9 Å². The molecule has 108 valence electrons. The summed E-state index contributed by atoms with van der Waals surface area (Å²) < 4.78 is 1.01. The van der Waals surface area contributed by atoms with Crippen LogP contribution in [-0.2, 0) is 6.42 Å². The molecule has 0 heterocycles. The number of nitrogens with one attached hydrogen (secondary N) is 2. The van der Waals surface area contributed by atoms with Gasteiger partial charge >= 0.3 is 6.03 Å². The minimum atomic E-state index is -0.197. The molecule has 0 fully saturated rings. The van der Waals surface area contributed by atoms with Crippen molar-refractivity contribution >= 4 is 28.0 Å². The monoisotopic (exact) mass is 344 g/mol. The molecule has 2 aromatic carbocycles. The zero-order chi connectivity index (χ0) is 14.9. The number of hydrogen-bond donors (Lipinski definition) is 2. The van der Waals surface area contributed by atoms with E-state index in [1.807, 2.05) is 60.7 Å². The minimum absolute atomic E-state index is 0.197. The van der Waals surface area contributed by atoms with Gasteiger partial charge in [0, 0.05) is 17.2 Å². The van der Waals surface area contributed by atoms with Crippen molar-refractivity contribution in [2.75, 3.05) is 6.54 Å². The fourth-order valence-corrected chi connectivity index (χ4v) is 2.26. The third-order valence-corrected chi connectivity index (χ3v) is 3.37. The van der Waals surface area contributed by atoms with Crippen molar-refractivity contribution in [1.29, 1.82) is 0 Å². The van der Waals surface area contributed by atoms with E-state index >= 15 is 0 Å². The smallest absolute Gasteiger partial charge is 0.318 e. The van der Waals surface area contributed by atoms with Crippen LogP contribution in [0.5, 0.6) is 0 Å². The van der Waals surface area contributed by atoms with Crippen molar-refractivity contribution in [2.24, 2.45) is 0 Å². The number of benzene rings is 2. The van der Waals surface area contributed by atoms with Gasteiger partial charge < -0.3 is 10.6 Å². The molecule has 3 nitrogen and oxygen atoms in total. The maximum absolute atomic E-state index is 11.6. The van der Waals surface area contributed by atoms with E-state index in [4.69, 9.17) is 0 Å². The van der Waals surface area contributed by atoms with Gasteiger partial charge in [0.1, 0.15) is 0 Å². The van der Waals surface area contributed by atoms with Crippen LogP contribution in [0.1, 0.15) is 11.1 Å². The Morgan fingerprint density at radius 1 is 1.10 bits per heavy atom. The van der Waals surface area contributed by atoms with Crippen LogP contribution in [0, 0.1) is 0 Å². The second-order valence-corrected chi connectivity index (χ2v) is 5.44. The summed E-state index contributed by atoms with van der Waals surface area (Å²) in [5, 5.41) is 5.51. The molecule has 0 saturated heterocycles. The van der Waals surface area contributed by atoms with Gasteiger partial charge in [-0.2, -0.15) is 0 Å². The van der Waals surface area contributed by atoms with Crippen LogP contribution in [0.2, 0.25) is 0 Å². The number of urea groups is 1. The summed E-state index contributed by atoms with van der Waals surface area (Å²) in [4.78, 5) is 11.6. The van der Waals surface area contributed by atoms with Crippen molar-refractivity contribution < 1.29 is 4.79 Å². The lowest BCUT2D eigenvalue weighted by Gasteiger charge is -2.04. The standard InChI is InChI=1S/C17H17BrN2O/c18-16-8-4-7-15(13-16)10-12-20-17(21)19-11-9-14-5-2-1-3-6-14/h1-8,10,12-13H,9,11H2,(H2,19,20,21)/b12-10+. The molecular formula is C17H17BrN2O. The molecular weight excluding hydrogens is 328 g/mol. The first-order valence-electron chi connectivity index (χ1n) is 6.74. The molecule has 0 aliphatic carbocycles. The lowest BCUT2D eigenvalue weighted by Crippen LogP contribution is -2.33. The van der Waals surface area contributed by atoms with Crippen LogP contribution in [0.25, 0.3) is 6.08 Å². The summed E-state index contributed by atoms with van der Waals surface area (Å²) in [5.74, 6) is 0. The highest BCUT2D eigenvalue weighted by Gasteiger charge is 1.97. The van der Waals surface area contributed by atoms with E-state index in [2.05, 4.69) is 26.6 Å². The molecule has 0 atom stereocenters. The zero-order valence-corrected chi connectivity index (χ0v) is 13.1. The molecule has 2 N–H and O–H groups in total. The molecule has 2 amide bonds. The Balaban J connectivity index is 1.70. The van der Waals surface area contributed by atoms with Crippen molar-refractivity contribution in [1.82, 2.24) is 10.6 Å². The summed E-state index contributed by atoms with van der Waals surface area (Å²) in [5.41, 5.74) is 2.23. The molecule has 0 spiro atoms. The highest BCUT2D eigenvalue weighted by molar-refractivity contribution is 9.10. The van der Waals surface area contributed by atoms with Gasteiger partial charge in [0.05, 0.1) is 0 Å². The van der Waals surface area contributed by atoms with E-state index < -0.39 is 0 Å². The first kappa shape index (κ1) is 15.3. The third kappa shape index (κ3) is 5.83. The molecule has 0 unspecified atom stereocenters. The van der Waals surface area contributed by atoms with E-state index in [-0.39, 0.29) is 6.03 Å². The maximum Gasteiger partial charge on any atom is 0.318 e. The lowest BCUT2D eigenvalue weighted by atomic mass is 10.1. The number of rotatable bonds is 5. The van der Waals surface area contributed by atoms with Gasteiger partial charge in [0.25, 0.3) is 0 Å². The van der Waals surface area contributed by atoms with Gasteiger partial charge in [-0.1, -0.05) is 58.4 Å². The van der Waals surface area contributed by atoms with Crippen molar-refractivity contribution in [2.45, 2.75) is 6.42 Å². The van der Waals surface area contributed by atoms with Crippen molar-refractivity contribution in [3.63, 3.8) is 0 Å². The summed E-state index contributed by atoms with van der Waals surface area (Å²) in [6.45, 7) is 0.612. The molecule has 0 radical (unpaired) electrons. The van der Waals surface area contributed by atoms with E-state index in [1.165, 1.54) is 5.56 Å². The molecule has 0 aromatic heterocycles. The van der Waals surface area contributed by atoms with Gasteiger partial charge in [0.15, 0.2) is 0 Å². The predicted octanol–water partition coefficient (Wildman–Crippen LogP) is 3.96.